The summed E-state index contributed by atoms with van der Waals surface area (Å²) in [5.41, 5.74) is 7.52. The second-order valence-corrected chi connectivity index (χ2v) is 8.78. The van der Waals surface area contributed by atoms with Gasteiger partial charge in [-0.2, -0.15) is 0 Å². The second-order valence-electron chi connectivity index (χ2n) is 8.78. The topological polar surface area (TPSA) is 3.88 Å². The van der Waals surface area contributed by atoms with E-state index in [0.29, 0.717) is 5.41 Å². The number of hydrogen-bond donors (Lipinski definition) is 0. The van der Waals surface area contributed by atoms with Gasteiger partial charge in [0.2, 0.25) is 5.69 Å². The minimum absolute atomic E-state index is 0.316. The molecule has 0 bridgehead atoms. The molecule has 1 aliphatic carbocycles. The molecule has 0 spiro atoms. The molecular weight excluding hydrogens is 290 g/mol. The molecule has 1 saturated carbocycles. The van der Waals surface area contributed by atoms with E-state index in [-0.39, 0.29) is 0 Å². The van der Waals surface area contributed by atoms with E-state index in [1.54, 1.807) is 11.1 Å². The predicted octanol–water partition coefficient (Wildman–Crippen LogP) is 5.73. The van der Waals surface area contributed by atoms with E-state index in [1.165, 1.54) is 42.5 Å². The molecule has 1 aromatic carbocycles. The average molecular weight is 323 g/mol. The van der Waals surface area contributed by atoms with Crippen molar-refractivity contribution in [3.05, 3.63) is 53.2 Å². The van der Waals surface area contributed by atoms with Gasteiger partial charge in [-0.05, 0) is 54.7 Å². The van der Waals surface area contributed by atoms with Crippen LogP contribution in [-0.4, -0.2) is 0 Å². The van der Waals surface area contributed by atoms with Gasteiger partial charge in [0.1, 0.15) is 7.05 Å². The van der Waals surface area contributed by atoms with E-state index in [1.807, 2.05) is 0 Å². The third kappa shape index (κ3) is 3.71. The third-order valence-electron chi connectivity index (χ3n) is 5.33. The van der Waals surface area contributed by atoms with Crippen molar-refractivity contribution in [2.24, 2.45) is 12.5 Å². The highest BCUT2D eigenvalue weighted by Crippen LogP contribution is 2.38. The zero-order valence-corrected chi connectivity index (χ0v) is 16.0. The molecule has 0 unspecified atom stereocenters. The molecule has 0 N–H and O–H groups in total. The summed E-state index contributed by atoms with van der Waals surface area (Å²) in [6, 6.07) is 11.2. The molecule has 0 aliphatic heterocycles. The molecule has 3 rings (SSSR count). The molecule has 128 valence electrons. The van der Waals surface area contributed by atoms with Crippen LogP contribution in [0.25, 0.3) is 11.3 Å². The highest BCUT2D eigenvalue weighted by atomic mass is 14.9. The molecule has 1 heterocycles. The van der Waals surface area contributed by atoms with Gasteiger partial charge >= 0.3 is 0 Å². The van der Waals surface area contributed by atoms with Gasteiger partial charge in [-0.3, -0.25) is 0 Å². The summed E-state index contributed by atoms with van der Waals surface area (Å²) < 4.78 is 2.35. The maximum Gasteiger partial charge on any atom is 0.212 e. The Balaban J connectivity index is 2.12. The highest BCUT2D eigenvalue weighted by Gasteiger charge is 2.27. The molecule has 1 fully saturated rings. The zero-order chi connectivity index (χ0) is 17.3. The monoisotopic (exact) mass is 322 g/mol. The van der Waals surface area contributed by atoms with Crippen molar-refractivity contribution >= 4 is 0 Å². The van der Waals surface area contributed by atoms with Gasteiger partial charge in [0.15, 0.2) is 6.20 Å². The molecule has 1 aliphatic rings. The van der Waals surface area contributed by atoms with Gasteiger partial charge in [-0.25, -0.2) is 4.57 Å². The minimum atomic E-state index is 0.316. The fraction of sp³-hybridized carbons (Fsp3) is 0.522. The largest absolute Gasteiger partial charge is 0.212 e. The van der Waals surface area contributed by atoms with Crippen molar-refractivity contribution in [2.75, 3.05) is 0 Å². The fourth-order valence-electron chi connectivity index (χ4n) is 4.17. The summed E-state index contributed by atoms with van der Waals surface area (Å²) >= 11 is 0. The lowest BCUT2D eigenvalue weighted by Crippen LogP contribution is -2.33. The number of nitrogens with zero attached hydrogens (tertiary/aromatic N) is 1. The molecule has 1 nitrogen and oxygen atoms in total. The van der Waals surface area contributed by atoms with Crippen molar-refractivity contribution in [1.82, 2.24) is 0 Å². The van der Waals surface area contributed by atoms with Crippen molar-refractivity contribution in [1.29, 1.82) is 0 Å². The van der Waals surface area contributed by atoms with E-state index in [2.05, 4.69) is 75.8 Å². The molecule has 0 radical (unpaired) electrons. The van der Waals surface area contributed by atoms with Crippen LogP contribution in [0.4, 0.5) is 0 Å². The van der Waals surface area contributed by atoms with Crippen LogP contribution in [0.15, 0.2) is 36.5 Å². The van der Waals surface area contributed by atoms with E-state index in [9.17, 15) is 0 Å². The molecule has 2 aromatic rings. The Labute approximate surface area is 147 Å². The van der Waals surface area contributed by atoms with E-state index in [0.717, 1.165) is 12.3 Å². The van der Waals surface area contributed by atoms with Crippen molar-refractivity contribution in [2.45, 2.75) is 65.7 Å². The average Bonchev–Trinajstić information content (AvgIpc) is 3.02. The summed E-state index contributed by atoms with van der Waals surface area (Å²) in [5.74, 6) is 0.763. The Morgan fingerprint density at radius 2 is 1.75 bits per heavy atom. The summed E-state index contributed by atoms with van der Waals surface area (Å²) in [7, 11) is 2.21. The number of aromatic nitrogens is 1. The lowest BCUT2D eigenvalue weighted by atomic mass is 9.83. The first kappa shape index (κ1) is 17.2. The van der Waals surface area contributed by atoms with Gasteiger partial charge in [-0.15, -0.1) is 0 Å². The molecule has 0 atom stereocenters. The lowest BCUT2D eigenvalue weighted by Gasteiger charge is -2.22. The number of benzene rings is 1. The second kappa shape index (κ2) is 6.70. The normalized spacial score (nSPS) is 15.9. The molecule has 0 amide bonds. The van der Waals surface area contributed by atoms with Crippen LogP contribution >= 0.6 is 0 Å². The maximum atomic E-state index is 2.47. The van der Waals surface area contributed by atoms with Crippen LogP contribution in [0.1, 0.15) is 69.1 Å². The fourth-order valence-corrected chi connectivity index (χ4v) is 4.17. The summed E-state index contributed by atoms with van der Waals surface area (Å²) in [4.78, 5) is 0. The minimum Gasteiger partial charge on any atom is -0.201 e. The first-order valence-electron chi connectivity index (χ1n) is 9.43. The van der Waals surface area contributed by atoms with Gasteiger partial charge in [0.25, 0.3) is 0 Å². The van der Waals surface area contributed by atoms with Crippen LogP contribution in [0.3, 0.4) is 0 Å². The van der Waals surface area contributed by atoms with E-state index >= 15 is 0 Å². The summed E-state index contributed by atoms with van der Waals surface area (Å²) in [5, 5.41) is 0. The Bertz CT molecular complexity index is 715. The zero-order valence-electron chi connectivity index (χ0n) is 16.0. The summed E-state index contributed by atoms with van der Waals surface area (Å²) in [6.45, 7) is 9.27. The Morgan fingerprint density at radius 3 is 2.38 bits per heavy atom. The van der Waals surface area contributed by atoms with Gasteiger partial charge in [0.05, 0.1) is 0 Å². The van der Waals surface area contributed by atoms with Crippen LogP contribution in [0.5, 0.6) is 0 Å². The lowest BCUT2D eigenvalue weighted by molar-refractivity contribution is -0.661. The third-order valence-corrected chi connectivity index (χ3v) is 5.33. The van der Waals surface area contributed by atoms with Crippen molar-refractivity contribution in [3.8, 4) is 11.3 Å². The van der Waals surface area contributed by atoms with Crippen LogP contribution in [0, 0.1) is 12.3 Å². The first-order valence-corrected chi connectivity index (χ1v) is 9.43. The highest BCUT2D eigenvalue weighted by molar-refractivity contribution is 5.61. The predicted molar refractivity (Wildman–Crippen MR) is 102 cm³/mol. The first-order chi connectivity index (χ1) is 11.3. The molecule has 1 aromatic heterocycles. The SMILES string of the molecule is Cc1ccccc1-c1cc(CC(C)(C)C)c(C2CCCC2)c[n+]1C. The van der Waals surface area contributed by atoms with Crippen LogP contribution < -0.4 is 4.57 Å². The smallest absolute Gasteiger partial charge is 0.201 e. The standard InChI is InChI=1S/C23H32N/c1-17-10-6-9-13-20(17)22-14-19(15-23(2,3)4)21(16-24(22)5)18-11-7-8-12-18/h6,9-10,13-14,16,18H,7-8,11-12,15H2,1-5H3/q+1. The molecule has 0 saturated heterocycles. The number of aryl methyl sites for hydroxylation is 2. The Morgan fingerprint density at radius 1 is 1.08 bits per heavy atom. The molecule has 24 heavy (non-hydrogen) atoms. The number of rotatable bonds is 3. The van der Waals surface area contributed by atoms with Crippen LogP contribution in [0.2, 0.25) is 0 Å². The van der Waals surface area contributed by atoms with Gasteiger partial charge in [0, 0.05) is 17.2 Å². The molecular formula is C23H32N+. The number of pyridine rings is 1. The quantitative estimate of drug-likeness (QED) is 0.635. The van der Waals surface area contributed by atoms with Gasteiger partial charge < -0.3 is 0 Å². The van der Waals surface area contributed by atoms with Crippen LogP contribution in [-0.2, 0) is 13.5 Å². The maximum absolute atomic E-state index is 2.47. The Hall–Kier alpha value is -1.63. The number of hydrogen-bond acceptors (Lipinski definition) is 0. The van der Waals surface area contributed by atoms with Crippen molar-refractivity contribution in [3.63, 3.8) is 0 Å². The van der Waals surface area contributed by atoms with E-state index in [4.69, 9.17) is 0 Å². The Kier molecular flexibility index (Phi) is 4.80. The van der Waals surface area contributed by atoms with Gasteiger partial charge in [-0.1, -0.05) is 51.8 Å². The van der Waals surface area contributed by atoms with E-state index < -0.39 is 0 Å². The van der Waals surface area contributed by atoms with Crippen molar-refractivity contribution < 1.29 is 4.57 Å². The summed E-state index contributed by atoms with van der Waals surface area (Å²) in [6.07, 6.45) is 9.09. The molecule has 1 heteroatoms.